The van der Waals surface area contributed by atoms with E-state index >= 15 is 0 Å². The molecule has 0 spiro atoms. The third kappa shape index (κ3) is 4.44. The molecular formula is C18H16BrN3O. The fraction of sp³-hybridized carbons (Fsp3) is 0.111. The zero-order valence-electron chi connectivity index (χ0n) is 12.9. The van der Waals surface area contributed by atoms with Crippen molar-refractivity contribution in [3.8, 4) is 6.07 Å². The van der Waals surface area contributed by atoms with Crippen LogP contribution in [0.2, 0.25) is 0 Å². The monoisotopic (exact) mass is 369 g/mol. The molecule has 0 aliphatic carbocycles. The van der Waals surface area contributed by atoms with Crippen molar-refractivity contribution in [1.29, 1.82) is 5.26 Å². The largest absolute Gasteiger partial charge is 0.360 e. The number of nitrogens with one attached hydrogen (secondary N) is 2. The van der Waals surface area contributed by atoms with Crippen molar-refractivity contribution in [3.05, 3.63) is 69.8 Å². The van der Waals surface area contributed by atoms with Crippen molar-refractivity contribution in [2.24, 2.45) is 0 Å². The van der Waals surface area contributed by atoms with Crippen LogP contribution in [-0.4, -0.2) is 5.91 Å². The smallest absolute Gasteiger partial charge is 0.267 e. The van der Waals surface area contributed by atoms with Crippen LogP contribution in [-0.2, 0) is 4.79 Å². The van der Waals surface area contributed by atoms with Gasteiger partial charge in [-0.3, -0.25) is 4.79 Å². The Morgan fingerprint density at radius 3 is 2.57 bits per heavy atom. The summed E-state index contributed by atoms with van der Waals surface area (Å²) < 4.78 is 1.00. The maximum absolute atomic E-state index is 12.2. The average Bonchev–Trinajstić information content (AvgIpc) is 2.53. The Bertz CT molecular complexity index is 806. The van der Waals surface area contributed by atoms with E-state index < -0.39 is 5.91 Å². The van der Waals surface area contributed by atoms with E-state index in [-0.39, 0.29) is 5.57 Å². The zero-order valence-corrected chi connectivity index (χ0v) is 14.4. The minimum absolute atomic E-state index is 0.00817. The van der Waals surface area contributed by atoms with Gasteiger partial charge in [0, 0.05) is 22.0 Å². The summed E-state index contributed by atoms with van der Waals surface area (Å²) in [4.78, 5) is 12.2. The highest BCUT2D eigenvalue weighted by Gasteiger charge is 2.10. The summed E-state index contributed by atoms with van der Waals surface area (Å²) in [6.45, 7) is 3.86. The molecular weight excluding hydrogens is 354 g/mol. The van der Waals surface area contributed by atoms with Crippen LogP contribution >= 0.6 is 15.9 Å². The first-order valence-electron chi connectivity index (χ1n) is 7.01. The van der Waals surface area contributed by atoms with Crippen molar-refractivity contribution >= 4 is 33.2 Å². The number of benzene rings is 2. The second-order valence-corrected chi connectivity index (χ2v) is 5.90. The van der Waals surface area contributed by atoms with Crippen LogP contribution in [0.25, 0.3) is 0 Å². The number of halogens is 1. The second-order valence-electron chi connectivity index (χ2n) is 5.05. The predicted octanol–water partition coefficient (Wildman–Crippen LogP) is 4.52. The Balaban J connectivity index is 2.12. The molecule has 0 aromatic heterocycles. The zero-order chi connectivity index (χ0) is 16.8. The van der Waals surface area contributed by atoms with Crippen LogP contribution in [0.1, 0.15) is 11.1 Å². The second kappa shape index (κ2) is 7.61. The molecule has 2 N–H and O–H groups in total. The fourth-order valence-electron chi connectivity index (χ4n) is 1.94. The number of rotatable bonds is 4. The number of nitrogens with zero attached hydrogens (tertiary/aromatic N) is 1. The first-order valence-corrected chi connectivity index (χ1v) is 7.80. The van der Waals surface area contributed by atoms with Crippen LogP contribution in [0.4, 0.5) is 11.4 Å². The van der Waals surface area contributed by atoms with Crippen molar-refractivity contribution < 1.29 is 4.79 Å². The quantitative estimate of drug-likeness (QED) is 0.614. The number of nitriles is 1. The summed E-state index contributed by atoms with van der Waals surface area (Å²) in [6, 6.07) is 15.0. The summed E-state index contributed by atoms with van der Waals surface area (Å²) in [6.07, 6.45) is 1.41. The molecule has 0 saturated heterocycles. The number of hydrogen-bond acceptors (Lipinski definition) is 3. The number of anilines is 2. The Labute approximate surface area is 144 Å². The fourth-order valence-corrected chi connectivity index (χ4v) is 2.19. The molecule has 0 saturated carbocycles. The third-order valence-electron chi connectivity index (χ3n) is 3.30. The average molecular weight is 370 g/mol. The molecule has 0 heterocycles. The van der Waals surface area contributed by atoms with Crippen LogP contribution < -0.4 is 10.6 Å². The molecule has 116 valence electrons. The Kier molecular flexibility index (Phi) is 5.56. The lowest BCUT2D eigenvalue weighted by Crippen LogP contribution is -2.15. The number of carbonyl (C=O) groups is 1. The molecule has 0 fully saturated rings. The normalized spacial score (nSPS) is 10.8. The molecule has 23 heavy (non-hydrogen) atoms. The molecule has 0 aliphatic heterocycles. The Hall–Kier alpha value is -2.58. The van der Waals surface area contributed by atoms with Gasteiger partial charge in [-0.25, -0.2) is 0 Å². The van der Waals surface area contributed by atoms with Crippen molar-refractivity contribution in [2.45, 2.75) is 13.8 Å². The summed E-state index contributed by atoms with van der Waals surface area (Å²) in [5.74, 6) is -0.442. The number of amides is 1. The lowest BCUT2D eigenvalue weighted by molar-refractivity contribution is -0.112. The molecule has 2 aromatic carbocycles. The van der Waals surface area contributed by atoms with E-state index in [0.29, 0.717) is 5.69 Å². The molecule has 0 unspecified atom stereocenters. The van der Waals surface area contributed by atoms with Gasteiger partial charge in [-0.1, -0.05) is 34.1 Å². The topological polar surface area (TPSA) is 64.9 Å². The van der Waals surface area contributed by atoms with E-state index in [9.17, 15) is 10.1 Å². The van der Waals surface area contributed by atoms with Gasteiger partial charge in [0.25, 0.3) is 5.91 Å². The van der Waals surface area contributed by atoms with E-state index in [0.717, 1.165) is 21.3 Å². The molecule has 0 radical (unpaired) electrons. The molecule has 2 rings (SSSR count). The molecule has 0 aliphatic rings. The number of hydrogen-bond donors (Lipinski definition) is 2. The van der Waals surface area contributed by atoms with Crippen molar-refractivity contribution in [2.75, 3.05) is 10.6 Å². The molecule has 2 aromatic rings. The molecule has 1 amide bonds. The van der Waals surface area contributed by atoms with Gasteiger partial charge in [0.05, 0.1) is 0 Å². The standard InChI is InChI=1S/C18H16BrN3O/c1-12-5-3-4-6-17(12)22-18(23)14(10-20)11-21-15-7-8-16(19)13(2)9-15/h3-9,11,21H,1-2H3,(H,22,23)/b14-11-. The van der Waals surface area contributed by atoms with Crippen LogP contribution in [0.5, 0.6) is 0 Å². The minimum Gasteiger partial charge on any atom is -0.360 e. The summed E-state index contributed by atoms with van der Waals surface area (Å²) in [5, 5.41) is 14.9. The van der Waals surface area contributed by atoms with Crippen LogP contribution in [0.15, 0.2) is 58.7 Å². The predicted molar refractivity (Wildman–Crippen MR) is 96.0 cm³/mol. The minimum atomic E-state index is -0.442. The van der Waals surface area contributed by atoms with E-state index in [4.69, 9.17) is 0 Å². The van der Waals surface area contributed by atoms with E-state index in [1.807, 2.05) is 56.3 Å². The van der Waals surface area contributed by atoms with Crippen LogP contribution in [0, 0.1) is 25.2 Å². The highest BCUT2D eigenvalue weighted by Crippen LogP contribution is 2.20. The molecule has 0 bridgehead atoms. The van der Waals surface area contributed by atoms with Crippen LogP contribution in [0.3, 0.4) is 0 Å². The highest BCUT2D eigenvalue weighted by molar-refractivity contribution is 9.10. The summed E-state index contributed by atoms with van der Waals surface area (Å²) in [7, 11) is 0. The van der Waals surface area contributed by atoms with Crippen molar-refractivity contribution in [3.63, 3.8) is 0 Å². The summed E-state index contributed by atoms with van der Waals surface area (Å²) >= 11 is 3.43. The lowest BCUT2D eigenvalue weighted by Gasteiger charge is -2.08. The van der Waals surface area contributed by atoms with Gasteiger partial charge in [-0.15, -0.1) is 0 Å². The number of para-hydroxylation sites is 1. The summed E-state index contributed by atoms with van der Waals surface area (Å²) in [5.41, 5.74) is 3.51. The van der Waals surface area contributed by atoms with E-state index in [1.54, 1.807) is 6.07 Å². The van der Waals surface area contributed by atoms with Crippen molar-refractivity contribution in [1.82, 2.24) is 0 Å². The van der Waals surface area contributed by atoms with Gasteiger partial charge >= 0.3 is 0 Å². The maximum atomic E-state index is 12.2. The SMILES string of the molecule is Cc1cc(N/C=C(/C#N)C(=O)Nc2ccccc2C)ccc1Br. The highest BCUT2D eigenvalue weighted by atomic mass is 79.9. The molecule has 5 heteroatoms. The first kappa shape index (κ1) is 16.8. The number of carbonyl (C=O) groups excluding carboxylic acids is 1. The molecule has 0 atom stereocenters. The molecule has 4 nitrogen and oxygen atoms in total. The maximum Gasteiger partial charge on any atom is 0.267 e. The van der Waals surface area contributed by atoms with Gasteiger partial charge in [0.1, 0.15) is 11.6 Å². The van der Waals surface area contributed by atoms with Gasteiger partial charge in [-0.2, -0.15) is 5.26 Å². The van der Waals surface area contributed by atoms with E-state index in [2.05, 4.69) is 26.6 Å². The number of aryl methyl sites for hydroxylation is 2. The Morgan fingerprint density at radius 1 is 1.17 bits per heavy atom. The Morgan fingerprint density at radius 2 is 1.91 bits per heavy atom. The van der Waals surface area contributed by atoms with Gasteiger partial charge in [-0.05, 0) is 49.2 Å². The third-order valence-corrected chi connectivity index (χ3v) is 4.19. The van der Waals surface area contributed by atoms with Gasteiger partial charge in [0.15, 0.2) is 0 Å². The van der Waals surface area contributed by atoms with E-state index in [1.165, 1.54) is 6.20 Å². The lowest BCUT2D eigenvalue weighted by atomic mass is 10.2. The first-order chi connectivity index (χ1) is 11.0. The van der Waals surface area contributed by atoms with Gasteiger partial charge in [0.2, 0.25) is 0 Å². The van der Waals surface area contributed by atoms with Gasteiger partial charge < -0.3 is 10.6 Å².